The van der Waals surface area contributed by atoms with E-state index < -0.39 is 11.8 Å². The molecule has 1 heterocycles. The van der Waals surface area contributed by atoms with Gasteiger partial charge in [-0.05, 0) is 67.0 Å². The van der Waals surface area contributed by atoms with Crippen LogP contribution in [0.2, 0.25) is 0 Å². The fourth-order valence-corrected chi connectivity index (χ4v) is 3.16. The van der Waals surface area contributed by atoms with Crippen molar-refractivity contribution in [3.05, 3.63) is 64.7 Å². The van der Waals surface area contributed by atoms with E-state index in [2.05, 4.69) is 5.32 Å². The van der Waals surface area contributed by atoms with Crippen LogP contribution in [-0.2, 0) is 9.59 Å². The number of anilines is 2. The normalized spacial score (nSPS) is 15.9. The van der Waals surface area contributed by atoms with Crippen LogP contribution in [0.15, 0.2) is 48.0 Å². The molecule has 6 heteroatoms. The minimum Gasteiger partial charge on any atom is -0.378 e. The monoisotopic (exact) mass is 379 g/mol. The highest BCUT2D eigenvalue weighted by atomic mass is 32.1. The van der Waals surface area contributed by atoms with Gasteiger partial charge in [-0.15, -0.1) is 0 Å². The van der Waals surface area contributed by atoms with E-state index >= 15 is 0 Å². The lowest BCUT2D eigenvalue weighted by molar-refractivity contribution is -0.122. The molecule has 0 aromatic heterocycles. The molecule has 0 unspecified atom stereocenters. The molecule has 0 bridgehead atoms. The molecule has 0 saturated carbocycles. The number of benzene rings is 2. The maximum absolute atomic E-state index is 13.1. The predicted molar refractivity (Wildman–Crippen MR) is 113 cm³/mol. The maximum atomic E-state index is 13.1. The number of nitrogens with zero attached hydrogens (tertiary/aromatic N) is 2. The number of carbonyl (C=O) groups excluding carboxylic acids is 2. The van der Waals surface area contributed by atoms with Crippen LogP contribution in [0.3, 0.4) is 0 Å². The number of carbonyl (C=O) groups is 2. The van der Waals surface area contributed by atoms with Crippen molar-refractivity contribution in [1.29, 1.82) is 0 Å². The van der Waals surface area contributed by atoms with E-state index in [0.29, 0.717) is 5.69 Å². The molecular weight excluding hydrogens is 358 g/mol. The quantitative estimate of drug-likeness (QED) is 0.506. The van der Waals surface area contributed by atoms with E-state index in [4.69, 9.17) is 12.2 Å². The van der Waals surface area contributed by atoms with Gasteiger partial charge in [0.15, 0.2) is 5.11 Å². The van der Waals surface area contributed by atoms with Gasteiger partial charge in [0.1, 0.15) is 5.57 Å². The van der Waals surface area contributed by atoms with Gasteiger partial charge in [0, 0.05) is 19.8 Å². The summed E-state index contributed by atoms with van der Waals surface area (Å²) in [5.41, 5.74) is 4.53. The Morgan fingerprint density at radius 3 is 2.33 bits per heavy atom. The number of thiocarbonyl (C=S) groups is 1. The first kappa shape index (κ1) is 18.8. The average molecular weight is 379 g/mol. The molecule has 1 aliphatic rings. The van der Waals surface area contributed by atoms with Gasteiger partial charge in [-0.25, -0.2) is 0 Å². The average Bonchev–Trinajstić information content (AvgIpc) is 2.62. The first-order chi connectivity index (χ1) is 12.8. The summed E-state index contributed by atoms with van der Waals surface area (Å²) in [6.45, 7) is 3.90. The summed E-state index contributed by atoms with van der Waals surface area (Å²) >= 11 is 5.27. The molecular formula is C21H21N3O2S. The molecule has 1 fully saturated rings. The first-order valence-electron chi connectivity index (χ1n) is 8.54. The van der Waals surface area contributed by atoms with Gasteiger partial charge in [-0.1, -0.05) is 24.3 Å². The zero-order chi connectivity index (χ0) is 19.7. The number of rotatable bonds is 3. The third-order valence-electron chi connectivity index (χ3n) is 4.64. The van der Waals surface area contributed by atoms with Crippen molar-refractivity contribution in [2.45, 2.75) is 13.8 Å². The van der Waals surface area contributed by atoms with Gasteiger partial charge in [-0.2, -0.15) is 0 Å². The summed E-state index contributed by atoms with van der Waals surface area (Å²) in [4.78, 5) is 28.9. The van der Waals surface area contributed by atoms with Crippen LogP contribution in [-0.4, -0.2) is 31.0 Å². The largest absolute Gasteiger partial charge is 0.378 e. The molecule has 27 heavy (non-hydrogen) atoms. The third-order valence-corrected chi connectivity index (χ3v) is 4.92. The number of aryl methyl sites for hydroxylation is 1. The number of amides is 2. The van der Waals surface area contributed by atoms with Gasteiger partial charge in [0.25, 0.3) is 11.8 Å². The molecule has 2 amide bonds. The van der Waals surface area contributed by atoms with Crippen LogP contribution in [0, 0.1) is 13.8 Å². The van der Waals surface area contributed by atoms with Crippen molar-refractivity contribution in [2.75, 3.05) is 23.9 Å². The lowest BCUT2D eigenvalue weighted by atomic mass is 10.0. The maximum Gasteiger partial charge on any atom is 0.270 e. The Hall–Kier alpha value is -2.99. The van der Waals surface area contributed by atoms with Crippen molar-refractivity contribution >= 4 is 46.6 Å². The molecule has 0 atom stereocenters. The van der Waals surface area contributed by atoms with Crippen LogP contribution in [0.5, 0.6) is 0 Å². The Labute approximate surface area is 164 Å². The zero-order valence-electron chi connectivity index (χ0n) is 15.7. The topological polar surface area (TPSA) is 52.7 Å². The van der Waals surface area contributed by atoms with Crippen molar-refractivity contribution in [1.82, 2.24) is 5.32 Å². The van der Waals surface area contributed by atoms with Gasteiger partial charge < -0.3 is 4.90 Å². The van der Waals surface area contributed by atoms with E-state index in [1.165, 1.54) is 4.90 Å². The summed E-state index contributed by atoms with van der Waals surface area (Å²) in [6.07, 6.45) is 1.59. The van der Waals surface area contributed by atoms with Crippen LogP contribution < -0.4 is 15.1 Å². The highest BCUT2D eigenvalue weighted by molar-refractivity contribution is 7.80. The molecule has 1 N–H and O–H groups in total. The molecule has 1 saturated heterocycles. The Bertz CT molecular complexity index is 962. The molecule has 3 rings (SSSR count). The minimum atomic E-state index is -0.483. The molecule has 0 spiro atoms. The van der Waals surface area contributed by atoms with Crippen LogP contribution >= 0.6 is 12.2 Å². The van der Waals surface area contributed by atoms with Crippen molar-refractivity contribution < 1.29 is 9.59 Å². The van der Waals surface area contributed by atoms with E-state index in [0.717, 1.165) is 22.4 Å². The SMILES string of the molecule is Cc1cccc(N2C(=O)/C(=C\c3ccc(N(C)C)cc3)C(=O)NC2=S)c1C. The third kappa shape index (κ3) is 3.61. The zero-order valence-corrected chi connectivity index (χ0v) is 16.6. The molecule has 5 nitrogen and oxygen atoms in total. The lowest BCUT2D eigenvalue weighted by Crippen LogP contribution is -2.54. The van der Waals surface area contributed by atoms with Gasteiger partial charge >= 0.3 is 0 Å². The second-order valence-corrected chi connectivity index (χ2v) is 7.05. The molecule has 2 aromatic rings. The first-order valence-corrected chi connectivity index (χ1v) is 8.95. The molecule has 138 valence electrons. The summed E-state index contributed by atoms with van der Waals surface area (Å²) in [7, 11) is 3.91. The summed E-state index contributed by atoms with van der Waals surface area (Å²) < 4.78 is 0. The van der Waals surface area contributed by atoms with E-state index in [1.54, 1.807) is 6.08 Å². The summed E-state index contributed by atoms with van der Waals surface area (Å²) in [5, 5.41) is 2.72. The van der Waals surface area contributed by atoms with Crippen molar-refractivity contribution in [3.63, 3.8) is 0 Å². The second-order valence-electron chi connectivity index (χ2n) is 6.66. The lowest BCUT2D eigenvalue weighted by Gasteiger charge is -2.30. The smallest absolute Gasteiger partial charge is 0.270 e. The highest BCUT2D eigenvalue weighted by Crippen LogP contribution is 2.27. The van der Waals surface area contributed by atoms with Crippen molar-refractivity contribution in [3.8, 4) is 0 Å². The van der Waals surface area contributed by atoms with E-state index in [-0.39, 0.29) is 10.7 Å². The van der Waals surface area contributed by atoms with Gasteiger partial charge in [0.2, 0.25) is 0 Å². The predicted octanol–water partition coefficient (Wildman–Crippen LogP) is 3.20. The van der Waals surface area contributed by atoms with E-state index in [9.17, 15) is 9.59 Å². The molecule has 0 aliphatic carbocycles. The van der Waals surface area contributed by atoms with Crippen LogP contribution in [0.4, 0.5) is 11.4 Å². The van der Waals surface area contributed by atoms with E-state index in [1.807, 2.05) is 75.3 Å². The Kier molecular flexibility index (Phi) is 5.10. The second kappa shape index (κ2) is 7.32. The molecule has 1 aliphatic heterocycles. The number of nitrogens with one attached hydrogen (secondary N) is 1. The Morgan fingerprint density at radius 1 is 1.04 bits per heavy atom. The fraction of sp³-hybridized carbons (Fsp3) is 0.190. The number of hydrogen-bond acceptors (Lipinski definition) is 4. The summed E-state index contributed by atoms with van der Waals surface area (Å²) in [5.74, 6) is -0.905. The fourth-order valence-electron chi connectivity index (χ4n) is 2.89. The van der Waals surface area contributed by atoms with Gasteiger partial charge in [0.05, 0.1) is 5.69 Å². The minimum absolute atomic E-state index is 0.0575. The Morgan fingerprint density at radius 2 is 1.70 bits per heavy atom. The van der Waals surface area contributed by atoms with Crippen molar-refractivity contribution in [2.24, 2.45) is 0 Å². The number of hydrogen-bond donors (Lipinski definition) is 1. The highest BCUT2D eigenvalue weighted by Gasteiger charge is 2.35. The van der Waals surface area contributed by atoms with Crippen LogP contribution in [0.1, 0.15) is 16.7 Å². The van der Waals surface area contributed by atoms with Crippen LogP contribution in [0.25, 0.3) is 6.08 Å². The molecule has 2 aromatic carbocycles. The summed E-state index contributed by atoms with van der Waals surface area (Å²) in [6, 6.07) is 13.3. The Balaban J connectivity index is 2.01. The molecule has 0 radical (unpaired) electrons. The standard InChI is InChI=1S/C21H21N3O2S/c1-13-6-5-7-18(14(13)2)24-20(26)17(19(25)22-21(24)27)12-15-8-10-16(11-9-15)23(3)4/h5-12H,1-4H3,(H,22,25,27)/b17-12-. The van der Waals surface area contributed by atoms with Gasteiger partial charge in [-0.3, -0.25) is 19.8 Å².